The Hall–Kier alpha value is -1.55. The number of likely N-dealkylation sites (N-methyl/N-ethyl adjacent to an activating group) is 1. The van der Waals surface area contributed by atoms with E-state index in [9.17, 15) is 4.79 Å². The minimum Gasteiger partial charge on any atom is -0.398 e. The number of nitrogens with two attached hydrogens (primary N) is 1. The third kappa shape index (κ3) is 4.85. The van der Waals surface area contributed by atoms with Crippen molar-refractivity contribution in [1.82, 2.24) is 10.2 Å². The summed E-state index contributed by atoms with van der Waals surface area (Å²) in [5.74, 6) is 0.504. The quantitative estimate of drug-likeness (QED) is 0.784. The summed E-state index contributed by atoms with van der Waals surface area (Å²) in [5, 5.41) is 3.13. The molecule has 0 spiro atoms. The van der Waals surface area contributed by atoms with E-state index in [-0.39, 0.29) is 11.9 Å². The lowest BCUT2D eigenvalue weighted by molar-refractivity contribution is 0.0924. The SMILES string of the molecule is Cc1c(N)cccc1C(=O)NC(CC(C)C)CN(C)C. The maximum Gasteiger partial charge on any atom is 0.251 e. The number of anilines is 1. The molecular formula is C16H27N3O. The number of hydrogen-bond acceptors (Lipinski definition) is 3. The average molecular weight is 277 g/mol. The highest BCUT2D eigenvalue weighted by Gasteiger charge is 2.17. The van der Waals surface area contributed by atoms with E-state index in [1.54, 1.807) is 0 Å². The van der Waals surface area contributed by atoms with Crippen LogP contribution in [-0.2, 0) is 0 Å². The van der Waals surface area contributed by atoms with Gasteiger partial charge < -0.3 is 16.0 Å². The van der Waals surface area contributed by atoms with Crippen LogP contribution >= 0.6 is 0 Å². The van der Waals surface area contributed by atoms with E-state index in [4.69, 9.17) is 5.73 Å². The molecule has 0 heterocycles. The molecule has 0 bridgehead atoms. The van der Waals surface area contributed by atoms with Crippen LogP contribution in [0.15, 0.2) is 18.2 Å². The van der Waals surface area contributed by atoms with E-state index in [1.807, 2.05) is 39.2 Å². The third-order valence-corrected chi connectivity index (χ3v) is 3.30. The Morgan fingerprint density at radius 3 is 2.55 bits per heavy atom. The van der Waals surface area contributed by atoms with Crippen molar-refractivity contribution in [2.75, 3.05) is 26.4 Å². The number of carbonyl (C=O) groups is 1. The zero-order valence-corrected chi connectivity index (χ0v) is 13.2. The topological polar surface area (TPSA) is 58.4 Å². The normalized spacial score (nSPS) is 12.8. The molecule has 112 valence electrons. The van der Waals surface area contributed by atoms with Crippen molar-refractivity contribution in [3.8, 4) is 0 Å². The van der Waals surface area contributed by atoms with Gasteiger partial charge in [-0.2, -0.15) is 0 Å². The molecule has 4 heteroatoms. The number of nitrogen functional groups attached to an aromatic ring is 1. The van der Waals surface area contributed by atoms with Crippen molar-refractivity contribution < 1.29 is 4.79 Å². The Bertz CT molecular complexity index is 445. The summed E-state index contributed by atoms with van der Waals surface area (Å²) in [6.45, 7) is 7.06. The van der Waals surface area contributed by atoms with Gasteiger partial charge in [0, 0.05) is 23.8 Å². The lowest BCUT2D eigenvalue weighted by Gasteiger charge is -2.24. The maximum absolute atomic E-state index is 12.4. The van der Waals surface area contributed by atoms with Crippen molar-refractivity contribution in [3.63, 3.8) is 0 Å². The molecule has 0 saturated carbocycles. The third-order valence-electron chi connectivity index (χ3n) is 3.30. The van der Waals surface area contributed by atoms with Crippen LogP contribution in [0.5, 0.6) is 0 Å². The first-order chi connectivity index (χ1) is 9.31. The standard InChI is InChI=1S/C16H27N3O/c1-11(2)9-13(10-19(4)5)18-16(20)14-7-6-8-15(17)12(14)3/h6-8,11,13H,9-10,17H2,1-5H3,(H,18,20). The van der Waals surface area contributed by atoms with E-state index in [1.165, 1.54) is 0 Å². The highest BCUT2D eigenvalue weighted by Crippen LogP contribution is 2.16. The van der Waals surface area contributed by atoms with E-state index in [0.717, 1.165) is 18.5 Å². The van der Waals surface area contributed by atoms with E-state index in [2.05, 4.69) is 24.1 Å². The van der Waals surface area contributed by atoms with Gasteiger partial charge in [0.05, 0.1) is 0 Å². The van der Waals surface area contributed by atoms with Crippen LogP contribution in [0.2, 0.25) is 0 Å². The molecule has 0 saturated heterocycles. The average Bonchev–Trinajstić information content (AvgIpc) is 2.30. The van der Waals surface area contributed by atoms with Crippen LogP contribution in [-0.4, -0.2) is 37.5 Å². The summed E-state index contributed by atoms with van der Waals surface area (Å²) in [5.41, 5.74) is 8.03. The molecule has 0 fully saturated rings. The Morgan fingerprint density at radius 1 is 1.35 bits per heavy atom. The van der Waals surface area contributed by atoms with Crippen LogP contribution < -0.4 is 11.1 Å². The monoisotopic (exact) mass is 277 g/mol. The Balaban J connectivity index is 2.81. The Kier molecular flexibility index (Phi) is 6.02. The molecule has 1 rings (SSSR count). The minimum atomic E-state index is -0.0395. The van der Waals surface area contributed by atoms with Gasteiger partial charge in [0.25, 0.3) is 5.91 Å². The number of nitrogens with zero attached hydrogens (tertiary/aromatic N) is 1. The van der Waals surface area contributed by atoms with Crippen LogP contribution in [0.1, 0.15) is 36.2 Å². The minimum absolute atomic E-state index is 0.0395. The lowest BCUT2D eigenvalue weighted by atomic mass is 10.0. The molecule has 0 radical (unpaired) electrons. The molecule has 20 heavy (non-hydrogen) atoms. The first-order valence-electron chi connectivity index (χ1n) is 7.12. The molecular weight excluding hydrogens is 250 g/mol. The van der Waals surface area contributed by atoms with Gasteiger partial charge in [0.2, 0.25) is 0 Å². The molecule has 4 nitrogen and oxygen atoms in total. The van der Waals surface area contributed by atoms with Crippen LogP contribution in [0, 0.1) is 12.8 Å². The molecule has 1 atom stereocenters. The zero-order valence-electron chi connectivity index (χ0n) is 13.2. The molecule has 1 aromatic carbocycles. The van der Waals surface area contributed by atoms with Crippen LogP contribution in [0.25, 0.3) is 0 Å². The zero-order chi connectivity index (χ0) is 15.3. The highest BCUT2D eigenvalue weighted by molar-refractivity contribution is 5.97. The summed E-state index contributed by atoms with van der Waals surface area (Å²) in [7, 11) is 4.04. The number of hydrogen-bond donors (Lipinski definition) is 2. The largest absolute Gasteiger partial charge is 0.398 e. The number of carbonyl (C=O) groups excluding carboxylic acids is 1. The maximum atomic E-state index is 12.4. The number of benzene rings is 1. The van der Waals surface area contributed by atoms with Gasteiger partial charge in [-0.05, 0) is 51.1 Å². The molecule has 0 aliphatic heterocycles. The number of rotatable bonds is 6. The first kappa shape index (κ1) is 16.5. The molecule has 0 aromatic heterocycles. The molecule has 0 aliphatic rings. The fourth-order valence-corrected chi connectivity index (χ4v) is 2.35. The van der Waals surface area contributed by atoms with Crippen LogP contribution in [0.3, 0.4) is 0 Å². The van der Waals surface area contributed by atoms with Gasteiger partial charge in [-0.1, -0.05) is 19.9 Å². The fourth-order valence-electron chi connectivity index (χ4n) is 2.35. The second-order valence-corrected chi connectivity index (χ2v) is 6.08. The predicted molar refractivity (Wildman–Crippen MR) is 84.9 cm³/mol. The molecule has 1 amide bonds. The molecule has 1 unspecified atom stereocenters. The highest BCUT2D eigenvalue weighted by atomic mass is 16.1. The summed E-state index contributed by atoms with van der Waals surface area (Å²) >= 11 is 0. The summed E-state index contributed by atoms with van der Waals surface area (Å²) in [4.78, 5) is 14.5. The van der Waals surface area contributed by atoms with Gasteiger partial charge in [0.1, 0.15) is 0 Å². The van der Waals surface area contributed by atoms with E-state index in [0.29, 0.717) is 17.2 Å². The van der Waals surface area contributed by atoms with E-state index < -0.39 is 0 Å². The molecule has 0 aliphatic carbocycles. The second kappa shape index (κ2) is 7.29. The van der Waals surface area contributed by atoms with Gasteiger partial charge in [-0.25, -0.2) is 0 Å². The first-order valence-corrected chi connectivity index (χ1v) is 7.12. The second-order valence-electron chi connectivity index (χ2n) is 6.08. The van der Waals surface area contributed by atoms with Gasteiger partial charge in [-0.3, -0.25) is 4.79 Å². The Labute approximate surface area is 122 Å². The van der Waals surface area contributed by atoms with Gasteiger partial charge in [0.15, 0.2) is 0 Å². The summed E-state index contributed by atoms with van der Waals surface area (Å²) in [6.07, 6.45) is 0.964. The summed E-state index contributed by atoms with van der Waals surface area (Å²) < 4.78 is 0. The van der Waals surface area contributed by atoms with Crippen molar-refractivity contribution in [1.29, 1.82) is 0 Å². The lowest BCUT2D eigenvalue weighted by Crippen LogP contribution is -2.42. The van der Waals surface area contributed by atoms with Crippen molar-refractivity contribution in [3.05, 3.63) is 29.3 Å². The predicted octanol–water partition coefficient (Wildman–Crippen LogP) is 2.28. The van der Waals surface area contributed by atoms with Crippen molar-refractivity contribution in [2.24, 2.45) is 5.92 Å². The Morgan fingerprint density at radius 2 is 2.00 bits per heavy atom. The summed E-state index contributed by atoms with van der Waals surface area (Å²) in [6, 6.07) is 5.61. The fraction of sp³-hybridized carbons (Fsp3) is 0.562. The number of amides is 1. The molecule has 3 N–H and O–H groups in total. The van der Waals surface area contributed by atoms with Crippen LogP contribution in [0.4, 0.5) is 5.69 Å². The van der Waals surface area contributed by atoms with Crippen molar-refractivity contribution >= 4 is 11.6 Å². The van der Waals surface area contributed by atoms with Gasteiger partial charge >= 0.3 is 0 Å². The number of nitrogens with one attached hydrogen (secondary N) is 1. The smallest absolute Gasteiger partial charge is 0.251 e. The molecule has 1 aromatic rings. The van der Waals surface area contributed by atoms with E-state index >= 15 is 0 Å². The van der Waals surface area contributed by atoms with Gasteiger partial charge in [-0.15, -0.1) is 0 Å². The van der Waals surface area contributed by atoms with Crippen molar-refractivity contribution in [2.45, 2.75) is 33.2 Å².